The molecule has 1 N–H and O–H groups in total. The summed E-state index contributed by atoms with van der Waals surface area (Å²) in [4.78, 5) is 0. The van der Waals surface area contributed by atoms with Gasteiger partial charge in [0.15, 0.2) is 0 Å². The minimum absolute atomic E-state index is 0.270. The highest BCUT2D eigenvalue weighted by atomic mass is 19.1. The molecule has 1 atom stereocenters. The molecule has 1 unspecified atom stereocenters. The lowest BCUT2D eigenvalue weighted by molar-refractivity contribution is 0.434. The maximum atomic E-state index is 14.1. The molecule has 2 nitrogen and oxygen atoms in total. The van der Waals surface area contributed by atoms with Gasteiger partial charge in [0.25, 0.3) is 0 Å². The van der Waals surface area contributed by atoms with Crippen LogP contribution in [0.4, 0.5) is 8.78 Å². The zero-order valence-electron chi connectivity index (χ0n) is 11.0. The van der Waals surface area contributed by atoms with Gasteiger partial charge >= 0.3 is 0 Å². The van der Waals surface area contributed by atoms with E-state index < -0.39 is 17.7 Å². The monoisotopic (exact) mass is 265 g/mol. The van der Waals surface area contributed by atoms with E-state index in [2.05, 4.69) is 5.32 Å². The average Bonchev–Trinajstić information content (AvgIpc) is 2.89. The van der Waals surface area contributed by atoms with E-state index in [1.807, 2.05) is 6.92 Å². The number of benzene rings is 1. The standard InChI is InChI=1S/C15H17F2NO/c1-3-6-18-15(14-5-4-7-19-14)11-9-12(16)10(2)8-13(11)17/h4-5,7-9,15,18H,3,6H2,1-2H3. The summed E-state index contributed by atoms with van der Waals surface area (Å²) in [5.74, 6) is -0.259. The molecular formula is C15H17F2NO. The van der Waals surface area contributed by atoms with Crippen molar-refractivity contribution in [2.45, 2.75) is 26.3 Å². The van der Waals surface area contributed by atoms with E-state index >= 15 is 0 Å². The lowest BCUT2D eigenvalue weighted by atomic mass is 10.0. The second kappa shape index (κ2) is 5.97. The SMILES string of the molecule is CCCNC(c1ccco1)c1cc(F)c(C)cc1F. The number of halogens is 2. The van der Waals surface area contributed by atoms with Crippen molar-refractivity contribution in [3.63, 3.8) is 0 Å². The van der Waals surface area contributed by atoms with E-state index in [4.69, 9.17) is 4.42 Å². The van der Waals surface area contributed by atoms with Gasteiger partial charge in [0.2, 0.25) is 0 Å². The van der Waals surface area contributed by atoms with Gasteiger partial charge in [-0.15, -0.1) is 0 Å². The van der Waals surface area contributed by atoms with Gasteiger partial charge in [-0.3, -0.25) is 0 Å². The van der Waals surface area contributed by atoms with Crippen molar-refractivity contribution >= 4 is 0 Å². The molecule has 0 fully saturated rings. The predicted octanol–water partition coefficient (Wildman–Crippen LogP) is 3.96. The molecule has 102 valence electrons. The smallest absolute Gasteiger partial charge is 0.128 e. The summed E-state index contributed by atoms with van der Waals surface area (Å²) < 4.78 is 33.0. The number of nitrogens with one attached hydrogen (secondary N) is 1. The van der Waals surface area contributed by atoms with Gasteiger partial charge in [-0.2, -0.15) is 0 Å². The second-order valence-electron chi connectivity index (χ2n) is 4.53. The zero-order valence-corrected chi connectivity index (χ0v) is 11.0. The quantitative estimate of drug-likeness (QED) is 0.885. The van der Waals surface area contributed by atoms with Gasteiger partial charge in [0, 0.05) is 5.56 Å². The normalized spacial score (nSPS) is 12.6. The van der Waals surface area contributed by atoms with E-state index in [1.165, 1.54) is 18.4 Å². The number of furan rings is 1. The number of hydrogen-bond acceptors (Lipinski definition) is 2. The predicted molar refractivity (Wildman–Crippen MR) is 69.9 cm³/mol. The molecule has 0 aliphatic heterocycles. The van der Waals surface area contributed by atoms with E-state index in [1.54, 1.807) is 19.1 Å². The van der Waals surface area contributed by atoms with Crippen molar-refractivity contribution in [1.82, 2.24) is 5.32 Å². The molecule has 2 aromatic rings. The molecule has 0 aliphatic rings. The molecule has 1 aromatic heterocycles. The van der Waals surface area contributed by atoms with E-state index in [0.29, 0.717) is 17.9 Å². The maximum Gasteiger partial charge on any atom is 0.128 e. The molecular weight excluding hydrogens is 248 g/mol. The number of hydrogen-bond donors (Lipinski definition) is 1. The van der Waals surface area contributed by atoms with Crippen LogP contribution < -0.4 is 5.32 Å². The largest absolute Gasteiger partial charge is 0.467 e. The molecule has 0 spiro atoms. The van der Waals surface area contributed by atoms with Crippen molar-refractivity contribution in [2.24, 2.45) is 0 Å². The van der Waals surface area contributed by atoms with E-state index in [-0.39, 0.29) is 5.56 Å². The Morgan fingerprint density at radius 2 is 2.05 bits per heavy atom. The first kappa shape index (κ1) is 13.7. The van der Waals surface area contributed by atoms with Gasteiger partial charge in [-0.25, -0.2) is 8.78 Å². The maximum absolute atomic E-state index is 14.1. The molecule has 0 saturated carbocycles. The van der Waals surface area contributed by atoms with Crippen LogP contribution in [0.1, 0.15) is 36.3 Å². The van der Waals surface area contributed by atoms with Crippen LogP contribution in [0.3, 0.4) is 0 Å². The van der Waals surface area contributed by atoms with E-state index in [0.717, 1.165) is 6.42 Å². The van der Waals surface area contributed by atoms with Crippen LogP contribution in [0.15, 0.2) is 34.9 Å². The topological polar surface area (TPSA) is 25.2 Å². The lowest BCUT2D eigenvalue weighted by Gasteiger charge is -2.18. The van der Waals surface area contributed by atoms with Gasteiger partial charge in [0.1, 0.15) is 17.4 Å². The Kier molecular flexibility index (Phi) is 4.32. The minimum Gasteiger partial charge on any atom is -0.467 e. The van der Waals surface area contributed by atoms with Crippen molar-refractivity contribution in [1.29, 1.82) is 0 Å². The molecule has 1 heterocycles. The van der Waals surface area contributed by atoms with Crippen molar-refractivity contribution < 1.29 is 13.2 Å². The highest BCUT2D eigenvalue weighted by Gasteiger charge is 2.21. The Morgan fingerprint density at radius 3 is 2.68 bits per heavy atom. The molecule has 2 rings (SSSR count). The van der Waals surface area contributed by atoms with Crippen LogP contribution in [0.25, 0.3) is 0 Å². The second-order valence-corrected chi connectivity index (χ2v) is 4.53. The summed E-state index contributed by atoms with van der Waals surface area (Å²) in [7, 11) is 0. The Balaban J connectivity index is 2.40. The van der Waals surface area contributed by atoms with Gasteiger partial charge in [-0.05, 0) is 49.7 Å². The summed E-state index contributed by atoms with van der Waals surface area (Å²) in [6.45, 7) is 4.25. The minimum atomic E-state index is -0.468. The Bertz CT molecular complexity index is 537. The Morgan fingerprint density at radius 1 is 1.26 bits per heavy atom. The fourth-order valence-corrected chi connectivity index (χ4v) is 1.99. The van der Waals surface area contributed by atoms with Crippen LogP contribution >= 0.6 is 0 Å². The van der Waals surface area contributed by atoms with Crippen LogP contribution in [-0.2, 0) is 0 Å². The van der Waals surface area contributed by atoms with Crippen LogP contribution in [0.5, 0.6) is 0 Å². The van der Waals surface area contributed by atoms with Gasteiger partial charge in [-0.1, -0.05) is 6.92 Å². The molecule has 1 aromatic carbocycles. The summed E-state index contributed by atoms with van der Waals surface area (Å²) >= 11 is 0. The zero-order chi connectivity index (χ0) is 13.8. The van der Waals surface area contributed by atoms with Crippen molar-refractivity contribution in [3.8, 4) is 0 Å². The molecule has 0 amide bonds. The molecule has 19 heavy (non-hydrogen) atoms. The molecule has 0 saturated heterocycles. The van der Waals surface area contributed by atoms with E-state index in [9.17, 15) is 8.78 Å². The fraction of sp³-hybridized carbons (Fsp3) is 0.333. The lowest BCUT2D eigenvalue weighted by Crippen LogP contribution is -2.24. The van der Waals surface area contributed by atoms with Crippen LogP contribution in [0, 0.1) is 18.6 Å². The van der Waals surface area contributed by atoms with Crippen LogP contribution in [0.2, 0.25) is 0 Å². The van der Waals surface area contributed by atoms with Gasteiger partial charge < -0.3 is 9.73 Å². The molecule has 4 heteroatoms. The first-order valence-electron chi connectivity index (χ1n) is 6.35. The van der Waals surface area contributed by atoms with Gasteiger partial charge in [0.05, 0.1) is 12.3 Å². The highest BCUT2D eigenvalue weighted by molar-refractivity contribution is 5.32. The Hall–Kier alpha value is -1.68. The molecule has 0 aliphatic carbocycles. The van der Waals surface area contributed by atoms with Crippen molar-refractivity contribution in [2.75, 3.05) is 6.54 Å². The molecule has 0 bridgehead atoms. The number of rotatable bonds is 5. The number of aryl methyl sites for hydroxylation is 1. The first-order chi connectivity index (χ1) is 9.13. The third kappa shape index (κ3) is 3.01. The summed E-state index contributed by atoms with van der Waals surface area (Å²) in [5.41, 5.74) is 0.571. The average molecular weight is 265 g/mol. The summed E-state index contributed by atoms with van der Waals surface area (Å²) in [6.07, 6.45) is 2.42. The van der Waals surface area contributed by atoms with Crippen LogP contribution in [-0.4, -0.2) is 6.54 Å². The highest BCUT2D eigenvalue weighted by Crippen LogP contribution is 2.26. The molecule has 0 radical (unpaired) electrons. The third-order valence-electron chi connectivity index (χ3n) is 3.02. The Labute approximate surface area is 111 Å². The summed E-state index contributed by atoms with van der Waals surface area (Å²) in [6, 6.07) is 5.47. The first-order valence-corrected chi connectivity index (χ1v) is 6.35. The third-order valence-corrected chi connectivity index (χ3v) is 3.02. The van der Waals surface area contributed by atoms with Crippen molar-refractivity contribution in [3.05, 3.63) is 59.1 Å². The fourth-order valence-electron chi connectivity index (χ4n) is 1.99. The summed E-state index contributed by atoms with van der Waals surface area (Å²) in [5, 5.41) is 3.18.